The first-order chi connectivity index (χ1) is 13.2. The third-order valence-corrected chi connectivity index (χ3v) is 5.58. The Kier molecular flexibility index (Phi) is 3.81. The first kappa shape index (κ1) is 16.2. The van der Waals surface area contributed by atoms with E-state index in [4.69, 9.17) is 0 Å². The van der Waals surface area contributed by atoms with Gasteiger partial charge in [-0.3, -0.25) is 9.78 Å². The SMILES string of the molecule is C[C@@H]1CCN(c2nccnc2C2CN(C(=O)c3nc4ccccc4[nH]3)C2)C1. The number of hydrogen-bond donors (Lipinski definition) is 1. The second kappa shape index (κ2) is 6.33. The normalized spacial score (nSPS) is 20.3. The average molecular weight is 362 g/mol. The maximum Gasteiger partial charge on any atom is 0.289 e. The third-order valence-electron chi connectivity index (χ3n) is 5.58. The zero-order valence-corrected chi connectivity index (χ0v) is 15.3. The van der Waals surface area contributed by atoms with Gasteiger partial charge in [0.2, 0.25) is 0 Å². The van der Waals surface area contributed by atoms with Crippen LogP contribution in [-0.2, 0) is 0 Å². The number of nitrogens with one attached hydrogen (secondary N) is 1. The van der Waals surface area contributed by atoms with E-state index in [0.29, 0.717) is 24.8 Å². The molecule has 4 heterocycles. The molecule has 0 bridgehead atoms. The summed E-state index contributed by atoms with van der Waals surface area (Å²) in [6, 6.07) is 7.69. The Morgan fingerprint density at radius 3 is 2.74 bits per heavy atom. The van der Waals surface area contributed by atoms with Crippen LogP contribution in [0.15, 0.2) is 36.7 Å². The van der Waals surface area contributed by atoms with Crippen molar-refractivity contribution in [1.82, 2.24) is 24.8 Å². The molecule has 0 aliphatic carbocycles. The second-order valence-corrected chi connectivity index (χ2v) is 7.61. The number of H-pyrrole nitrogens is 1. The van der Waals surface area contributed by atoms with Crippen molar-refractivity contribution in [3.8, 4) is 0 Å². The molecule has 1 amide bonds. The van der Waals surface area contributed by atoms with Crippen molar-refractivity contribution in [1.29, 1.82) is 0 Å². The molecule has 2 aliphatic heterocycles. The number of aromatic amines is 1. The van der Waals surface area contributed by atoms with Crippen LogP contribution < -0.4 is 4.90 Å². The summed E-state index contributed by atoms with van der Waals surface area (Å²) >= 11 is 0. The summed E-state index contributed by atoms with van der Waals surface area (Å²) in [6.07, 6.45) is 4.71. The number of hydrogen-bond acceptors (Lipinski definition) is 5. The highest BCUT2D eigenvalue weighted by molar-refractivity contribution is 5.94. The molecule has 138 valence electrons. The molecule has 1 atom stereocenters. The van der Waals surface area contributed by atoms with Gasteiger partial charge < -0.3 is 14.8 Å². The number of benzene rings is 1. The number of likely N-dealkylation sites (tertiary alicyclic amines) is 1. The van der Waals surface area contributed by atoms with Gasteiger partial charge in [-0.25, -0.2) is 9.97 Å². The smallest absolute Gasteiger partial charge is 0.289 e. The van der Waals surface area contributed by atoms with Crippen molar-refractivity contribution >= 4 is 22.8 Å². The summed E-state index contributed by atoms with van der Waals surface area (Å²) in [5.41, 5.74) is 2.72. The van der Waals surface area contributed by atoms with Crippen molar-refractivity contribution in [3.05, 3.63) is 48.2 Å². The molecule has 7 heteroatoms. The Balaban J connectivity index is 1.31. The molecular weight excluding hydrogens is 340 g/mol. The van der Waals surface area contributed by atoms with Crippen LogP contribution in [0.25, 0.3) is 11.0 Å². The fourth-order valence-electron chi connectivity index (χ4n) is 4.02. The highest BCUT2D eigenvalue weighted by atomic mass is 16.2. The molecule has 2 aliphatic rings. The minimum atomic E-state index is -0.0531. The van der Waals surface area contributed by atoms with Crippen molar-refractivity contribution < 1.29 is 4.79 Å². The van der Waals surface area contributed by atoms with Crippen LogP contribution in [0.3, 0.4) is 0 Å². The van der Waals surface area contributed by atoms with E-state index in [2.05, 4.69) is 31.8 Å². The number of carbonyl (C=O) groups excluding carboxylic acids is 1. The van der Waals surface area contributed by atoms with E-state index in [1.165, 1.54) is 6.42 Å². The van der Waals surface area contributed by atoms with Crippen LogP contribution in [0.1, 0.15) is 35.6 Å². The zero-order chi connectivity index (χ0) is 18.4. The molecule has 5 rings (SSSR count). The summed E-state index contributed by atoms with van der Waals surface area (Å²) in [7, 11) is 0. The fraction of sp³-hybridized carbons (Fsp3) is 0.400. The second-order valence-electron chi connectivity index (χ2n) is 7.61. The van der Waals surface area contributed by atoms with Crippen molar-refractivity contribution in [2.45, 2.75) is 19.3 Å². The van der Waals surface area contributed by atoms with Gasteiger partial charge in [-0.15, -0.1) is 0 Å². The van der Waals surface area contributed by atoms with E-state index in [1.807, 2.05) is 29.2 Å². The van der Waals surface area contributed by atoms with Crippen molar-refractivity contribution in [2.24, 2.45) is 5.92 Å². The third kappa shape index (κ3) is 2.83. The lowest BCUT2D eigenvalue weighted by molar-refractivity contribution is 0.0587. The van der Waals surface area contributed by atoms with E-state index in [-0.39, 0.29) is 11.8 Å². The van der Waals surface area contributed by atoms with Crippen LogP contribution in [-0.4, -0.2) is 56.9 Å². The lowest BCUT2D eigenvalue weighted by Gasteiger charge is -2.39. The summed E-state index contributed by atoms with van der Waals surface area (Å²) < 4.78 is 0. The monoisotopic (exact) mass is 362 g/mol. The Morgan fingerprint density at radius 2 is 1.96 bits per heavy atom. The van der Waals surface area contributed by atoms with E-state index >= 15 is 0 Å². The molecule has 0 radical (unpaired) electrons. The summed E-state index contributed by atoms with van der Waals surface area (Å²) in [4.78, 5) is 33.6. The van der Waals surface area contributed by atoms with Gasteiger partial charge in [-0.1, -0.05) is 19.1 Å². The summed E-state index contributed by atoms with van der Waals surface area (Å²) in [6.45, 7) is 5.64. The molecule has 7 nitrogen and oxygen atoms in total. The first-order valence-corrected chi connectivity index (χ1v) is 9.49. The highest BCUT2D eigenvalue weighted by Gasteiger charge is 2.37. The minimum Gasteiger partial charge on any atom is -0.355 e. The Bertz CT molecular complexity index is 960. The molecule has 1 aromatic carbocycles. The standard InChI is InChI=1S/C20H22N6O/c1-13-6-9-25(10-13)19-17(21-7-8-22-19)14-11-26(12-14)20(27)18-23-15-4-2-3-5-16(15)24-18/h2-5,7-8,13-14H,6,9-12H2,1H3,(H,23,24)/t13-/m1/s1. The Hall–Kier alpha value is -2.96. The number of rotatable bonds is 3. The van der Waals surface area contributed by atoms with Gasteiger partial charge in [0.25, 0.3) is 5.91 Å². The lowest BCUT2D eigenvalue weighted by Crippen LogP contribution is -2.49. The Labute approximate surface area is 157 Å². The molecule has 2 saturated heterocycles. The number of anilines is 1. The molecule has 2 aromatic heterocycles. The van der Waals surface area contributed by atoms with Gasteiger partial charge in [-0.2, -0.15) is 0 Å². The van der Waals surface area contributed by atoms with Crippen molar-refractivity contribution in [3.63, 3.8) is 0 Å². The van der Waals surface area contributed by atoms with Crippen LogP contribution in [0, 0.1) is 5.92 Å². The molecule has 0 spiro atoms. The van der Waals surface area contributed by atoms with E-state index < -0.39 is 0 Å². The summed E-state index contributed by atoms with van der Waals surface area (Å²) in [5, 5.41) is 0. The maximum atomic E-state index is 12.7. The molecule has 27 heavy (non-hydrogen) atoms. The number of imidazole rings is 1. The van der Waals surface area contributed by atoms with Gasteiger partial charge in [0, 0.05) is 44.5 Å². The van der Waals surface area contributed by atoms with Gasteiger partial charge in [0.1, 0.15) is 0 Å². The summed E-state index contributed by atoms with van der Waals surface area (Å²) in [5.74, 6) is 2.26. The zero-order valence-electron chi connectivity index (χ0n) is 15.3. The molecule has 0 saturated carbocycles. The molecule has 2 fully saturated rings. The molecular formula is C20H22N6O. The predicted octanol–water partition coefficient (Wildman–Crippen LogP) is 2.44. The lowest BCUT2D eigenvalue weighted by atomic mass is 9.95. The number of para-hydroxylation sites is 2. The molecule has 1 N–H and O–H groups in total. The van der Waals surface area contributed by atoms with Crippen LogP contribution >= 0.6 is 0 Å². The number of aromatic nitrogens is 4. The number of nitrogens with zero attached hydrogens (tertiary/aromatic N) is 5. The van der Waals surface area contributed by atoms with Gasteiger partial charge >= 0.3 is 0 Å². The number of fused-ring (bicyclic) bond motifs is 1. The minimum absolute atomic E-state index is 0.0531. The average Bonchev–Trinajstić information content (AvgIpc) is 3.27. The largest absolute Gasteiger partial charge is 0.355 e. The van der Waals surface area contributed by atoms with E-state index in [0.717, 1.165) is 35.6 Å². The molecule has 3 aromatic rings. The van der Waals surface area contributed by atoms with Gasteiger partial charge in [-0.05, 0) is 24.5 Å². The van der Waals surface area contributed by atoms with Crippen LogP contribution in [0.4, 0.5) is 5.82 Å². The van der Waals surface area contributed by atoms with Gasteiger partial charge in [0.15, 0.2) is 11.6 Å². The topological polar surface area (TPSA) is 78.0 Å². The predicted molar refractivity (Wildman–Crippen MR) is 103 cm³/mol. The van der Waals surface area contributed by atoms with Crippen LogP contribution in [0.5, 0.6) is 0 Å². The van der Waals surface area contributed by atoms with E-state index in [9.17, 15) is 4.79 Å². The first-order valence-electron chi connectivity index (χ1n) is 9.49. The van der Waals surface area contributed by atoms with Gasteiger partial charge in [0.05, 0.1) is 16.7 Å². The number of carbonyl (C=O) groups is 1. The molecule has 0 unspecified atom stereocenters. The van der Waals surface area contributed by atoms with Crippen LogP contribution in [0.2, 0.25) is 0 Å². The Morgan fingerprint density at radius 1 is 1.15 bits per heavy atom. The maximum absolute atomic E-state index is 12.7. The van der Waals surface area contributed by atoms with E-state index in [1.54, 1.807) is 12.4 Å². The van der Waals surface area contributed by atoms with Crippen molar-refractivity contribution in [2.75, 3.05) is 31.1 Å². The fourth-order valence-corrected chi connectivity index (χ4v) is 4.02. The quantitative estimate of drug-likeness (QED) is 0.774. The number of amides is 1. The highest BCUT2D eigenvalue weighted by Crippen LogP contribution is 2.33.